The van der Waals surface area contributed by atoms with E-state index in [0.717, 1.165) is 51.4 Å². The molecule has 27 heavy (non-hydrogen) atoms. The molecular weight excluding hydrogens is 336 g/mol. The maximum Gasteiger partial charge on any atom is 0.302 e. The molecule has 7 atom stereocenters. The molecule has 5 unspecified atom stereocenters. The Hall–Kier alpha value is -1.38. The standard InChI is InChI=1S/C24H34O3/c1-5-6-16-13-17-14-18(27-15(2)25)9-11-23(17,3)20-10-12-24(4)19(22(16)20)7-8-21(24)26/h5,13,16,18-20,22H,1,6-12,14H2,2-4H3/t16?,18?,19?,20?,22?,23-,24-/m0/s1. The summed E-state index contributed by atoms with van der Waals surface area (Å²) in [6, 6.07) is 0. The highest BCUT2D eigenvalue weighted by atomic mass is 16.5. The summed E-state index contributed by atoms with van der Waals surface area (Å²) in [6.45, 7) is 10.2. The van der Waals surface area contributed by atoms with E-state index in [9.17, 15) is 9.59 Å². The van der Waals surface area contributed by atoms with Crippen molar-refractivity contribution in [1.29, 1.82) is 0 Å². The number of hydrogen-bond donors (Lipinski definition) is 0. The van der Waals surface area contributed by atoms with Gasteiger partial charge in [0.15, 0.2) is 0 Å². The van der Waals surface area contributed by atoms with E-state index in [0.29, 0.717) is 29.5 Å². The van der Waals surface area contributed by atoms with Crippen molar-refractivity contribution in [2.45, 2.75) is 78.2 Å². The molecule has 0 N–H and O–H groups in total. The minimum atomic E-state index is -0.168. The number of fused-ring (bicyclic) bond motifs is 5. The zero-order valence-electron chi connectivity index (χ0n) is 17.1. The van der Waals surface area contributed by atoms with Crippen molar-refractivity contribution in [2.24, 2.45) is 34.5 Å². The van der Waals surface area contributed by atoms with Gasteiger partial charge >= 0.3 is 5.97 Å². The number of Topliss-reactive ketones (excluding diaryl/α,β-unsaturated/α-hetero) is 1. The number of carbonyl (C=O) groups is 2. The van der Waals surface area contributed by atoms with Crippen LogP contribution in [0.2, 0.25) is 0 Å². The lowest BCUT2D eigenvalue weighted by atomic mass is 9.45. The average Bonchev–Trinajstić information content (AvgIpc) is 2.91. The summed E-state index contributed by atoms with van der Waals surface area (Å²) < 4.78 is 5.57. The van der Waals surface area contributed by atoms with E-state index in [1.165, 1.54) is 12.5 Å². The maximum absolute atomic E-state index is 12.7. The molecule has 3 heteroatoms. The lowest BCUT2D eigenvalue weighted by Gasteiger charge is -2.59. The van der Waals surface area contributed by atoms with Crippen molar-refractivity contribution in [3.8, 4) is 0 Å². The van der Waals surface area contributed by atoms with E-state index in [-0.39, 0.29) is 22.9 Å². The van der Waals surface area contributed by atoms with Gasteiger partial charge < -0.3 is 4.74 Å². The fraction of sp³-hybridized carbons (Fsp3) is 0.750. The summed E-state index contributed by atoms with van der Waals surface area (Å²) >= 11 is 0. The van der Waals surface area contributed by atoms with Crippen LogP contribution in [0.3, 0.4) is 0 Å². The van der Waals surface area contributed by atoms with Gasteiger partial charge in [0.2, 0.25) is 0 Å². The lowest BCUT2D eigenvalue weighted by molar-refractivity contribution is -0.149. The Kier molecular flexibility index (Phi) is 4.63. The van der Waals surface area contributed by atoms with Crippen molar-refractivity contribution in [3.05, 3.63) is 24.3 Å². The first-order chi connectivity index (χ1) is 12.8. The third-order valence-corrected chi connectivity index (χ3v) is 8.71. The first-order valence-electron chi connectivity index (χ1n) is 10.8. The summed E-state index contributed by atoms with van der Waals surface area (Å²) in [7, 11) is 0. The zero-order valence-corrected chi connectivity index (χ0v) is 17.1. The molecule has 0 aromatic heterocycles. The number of ether oxygens (including phenoxy) is 1. The van der Waals surface area contributed by atoms with Gasteiger partial charge in [-0.05, 0) is 67.6 Å². The van der Waals surface area contributed by atoms with Crippen LogP contribution in [0.1, 0.15) is 72.1 Å². The van der Waals surface area contributed by atoms with Gasteiger partial charge in [0.05, 0.1) is 0 Å². The van der Waals surface area contributed by atoms with E-state index in [1.807, 2.05) is 0 Å². The second kappa shape index (κ2) is 6.60. The molecule has 4 rings (SSSR count). The molecule has 3 fully saturated rings. The number of rotatable bonds is 3. The number of hydrogen-bond acceptors (Lipinski definition) is 3. The van der Waals surface area contributed by atoms with Crippen LogP contribution < -0.4 is 0 Å². The summed E-state index contributed by atoms with van der Waals surface area (Å²) in [4.78, 5) is 24.1. The van der Waals surface area contributed by atoms with Crippen molar-refractivity contribution >= 4 is 11.8 Å². The van der Waals surface area contributed by atoms with Crippen LogP contribution in [0.15, 0.2) is 24.3 Å². The van der Waals surface area contributed by atoms with E-state index in [4.69, 9.17) is 4.74 Å². The quantitative estimate of drug-likeness (QED) is 0.503. The molecule has 4 aliphatic carbocycles. The molecule has 0 saturated heterocycles. The monoisotopic (exact) mass is 370 g/mol. The van der Waals surface area contributed by atoms with Gasteiger partial charge in [0, 0.05) is 25.2 Å². The molecule has 0 bridgehead atoms. The summed E-state index contributed by atoms with van der Waals surface area (Å²) in [6.07, 6.45) is 12.6. The number of carbonyl (C=O) groups excluding carboxylic acids is 2. The minimum absolute atomic E-state index is 0.0321. The highest BCUT2D eigenvalue weighted by molar-refractivity contribution is 5.87. The minimum Gasteiger partial charge on any atom is -0.462 e. The highest BCUT2D eigenvalue weighted by Gasteiger charge is 2.60. The van der Waals surface area contributed by atoms with Gasteiger partial charge in [-0.3, -0.25) is 9.59 Å². The van der Waals surface area contributed by atoms with Crippen LogP contribution in [0.4, 0.5) is 0 Å². The molecule has 4 aliphatic rings. The summed E-state index contributed by atoms with van der Waals surface area (Å²) in [5.41, 5.74) is 1.60. The van der Waals surface area contributed by atoms with Crippen LogP contribution in [-0.2, 0) is 14.3 Å². The van der Waals surface area contributed by atoms with Crippen LogP contribution in [0.5, 0.6) is 0 Å². The van der Waals surface area contributed by atoms with E-state index < -0.39 is 0 Å². The molecule has 0 radical (unpaired) electrons. The van der Waals surface area contributed by atoms with Gasteiger partial charge in [-0.2, -0.15) is 0 Å². The third kappa shape index (κ3) is 2.84. The molecule has 0 aromatic rings. The van der Waals surface area contributed by atoms with E-state index >= 15 is 0 Å². The zero-order chi connectivity index (χ0) is 19.4. The number of ketones is 1. The third-order valence-electron chi connectivity index (χ3n) is 8.71. The van der Waals surface area contributed by atoms with Gasteiger partial charge in [0.1, 0.15) is 11.9 Å². The molecule has 0 amide bonds. The molecule has 148 valence electrons. The normalized spacial score (nSPS) is 46.0. The lowest BCUT2D eigenvalue weighted by Crippen LogP contribution is -2.53. The SMILES string of the molecule is C=CCC1C=C2CC(OC(C)=O)CC[C@]2(C)C2CC[C@]3(C)C(=O)CCC3C12. The Morgan fingerprint density at radius 2 is 1.93 bits per heavy atom. The van der Waals surface area contributed by atoms with Gasteiger partial charge in [0.25, 0.3) is 0 Å². The predicted molar refractivity (Wildman–Crippen MR) is 106 cm³/mol. The molecule has 0 spiro atoms. The van der Waals surface area contributed by atoms with E-state index in [2.05, 4.69) is 32.6 Å². The fourth-order valence-electron chi connectivity index (χ4n) is 7.31. The Balaban J connectivity index is 1.70. The van der Waals surface area contributed by atoms with Crippen molar-refractivity contribution < 1.29 is 14.3 Å². The van der Waals surface area contributed by atoms with Crippen LogP contribution >= 0.6 is 0 Å². The van der Waals surface area contributed by atoms with E-state index in [1.54, 1.807) is 0 Å². The van der Waals surface area contributed by atoms with Crippen molar-refractivity contribution in [2.75, 3.05) is 0 Å². The molecule has 0 aliphatic heterocycles. The smallest absolute Gasteiger partial charge is 0.302 e. The predicted octanol–water partition coefficient (Wildman–Crippen LogP) is 5.25. The van der Waals surface area contributed by atoms with Gasteiger partial charge in [-0.1, -0.05) is 31.6 Å². The maximum atomic E-state index is 12.7. The van der Waals surface area contributed by atoms with Gasteiger partial charge in [-0.15, -0.1) is 6.58 Å². The molecule has 0 aromatic carbocycles. The second-order valence-corrected chi connectivity index (χ2v) is 9.98. The average molecular weight is 371 g/mol. The Bertz CT molecular complexity index is 692. The summed E-state index contributed by atoms with van der Waals surface area (Å²) in [5.74, 6) is 2.56. The Morgan fingerprint density at radius 1 is 1.22 bits per heavy atom. The Morgan fingerprint density at radius 3 is 2.63 bits per heavy atom. The largest absolute Gasteiger partial charge is 0.462 e. The summed E-state index contributed by atoms with van der Waals surface area (Å²) in [5, 5.41) is 0. The molecular formula is C24H34O3. The first-order valence-corrected chi connectivity index (χ1v) is 10.8. The topological polar surface area (TPSA) is 43.4 Å². The molecule has 3 saturated carbocycles. The number of esters is 1. The van der Waals surface area contributed by atoms with Crippen molar-refractivity contribution in [3.63, 3.8) is 0 Å². The van der Waals surface area contributed by atoms with Crippen LogP contribution in [-0.4, -0.2) is 17.9 Å². The number of allylic oxidation sites excluding steroid dienone is 2. The van der Waals surface area contributed by atoms with Crippen molar-refractivity contribution in [1.82, 2.24) is 0 Å². The molecule has 0 heterocycles. The second-order valence-electron chi connectivity index (χ2n) is 9.98. The molecule has 3 nitrogen and oxygen atoms in total. The van der Waals surface area contributed by atoms with Crippen LogP contribution in [0.25, 0.3) is 0 Å². The fourth-order valence-corrected chi connectivity index (χ4v) is 7.31. The Labute approximate surface area is 163 Å². The van der Waals surface area contributed by atoms with Crippen LogP contribution in [0, 0.1) is 34.5 Å². The van der Waals surface area contributed by atoms with Gasteiger partial charge in [-0.25, -0.2) is 0 Å². The first kappa shape index (κ1) is 19.0. The highest BCUT2D eigenvalue weighted by Crippen LogP contribution is 2.65.